The molecule has 0 bridgehead atoms. The minimum absolute atomic E-state index is 0.0778. The zero-order valence-electron chi connectivity index (χ0n) is 50.1. The first-order chi connectivity index (χ1) is 37.0. The minimum Gasteiger partial charge on any atom is -0.462 e. The van der Waals surface area contributed by atoms with Crippen molar-refractivity contribution in [2.24, 2.45) is 0 Å². The molecule has 0 N–H and O–H groups in total. The first-order valence-corrected chi connectivity index (χ1v) is 32.8. The van der Waals surface area contributed by atoms with Gasteiger partial charge in [0.15, 0.2) is 6.10 Å². The van der Waals surface area contributed by atoms with Gasteiger partial charge >= 0.3 is 17.9 Å². The van der Waals surface area contributed by atoms with Gasteiger partial charge < -0.3 is 14.2 Å². The van der Waals surface area contributed by atoms with Gasteiger partial charge in [-0.3, -0.25) is 14.4 Å². The van der Waals surface area contributed by atoms with Crippen LogP contribution >= 0.6 is 0 Å². The summed E-state index contributed by atoms with van der Waals surface area (Å²) in [5, 5.41) is 0. The molecule has 0 amide bonds. The average molecular weight is 1050 g/mol. The molecule has 0 radical (unpaired) electrons. The number of carbonyl (C=O) groups excluding carboxylic acids is 3. The van der Waals surface area contributed by atoms with E-state index >= 15 is 0 Å². The Morgan fingerprint density at radius 2 is 0.507 bits per heavy atom. The van der Waals surface area contributed by atoms with E-state index in [1.807, 2.05) is 0 Å². The van der Waals surface area contributed by atoms with Crippen molar-refractivity contribution in [3.8, 4) is 0 Å². The summed E-state index contributed by atoms with van der Waals surface area (Å²) in [5.74, 6) is -0.878. The third-order valence-electron chi connectivity index (χ3n) is 14.4. The predicted octanol–water partition coefficient (Wildman–Crippen LogP) is 22.3. The Balaban J connectivity index is 4.28. The molecule has 1 unspecified atom stereocenters. The summed E-state index contributed by atoms with van der Waals surface area (Å²) in [4.78, 5) is 38.3. The van der Waals surface area contributed by atoms with E-state index in [1.165, 1.54) is 212 Å². The maximum atomic E-state index is 12.9. The Morgan fingerprint density at radius 3 is 0.800 bits per heavy atom. The Labute approximate surface area is 466 Å². The molecule has 0 aromatic rings. The molecule has 0 aliphatic heterocycles. The Kier molecular flexibility index (Phi) is 61.2. The Hall–Kier alpha value is -2.89. The highest BCUT2D eigenvalue weighted by Crippen LogP contribution is 2.17. The van der Waals surface area contributed by atoms with E-state index < -0.39 is 6.10 Å². The van der Waals surface area contributed by atoms with Crippen LogP contribution < -0.4 is 0 Å². The lowest BCUT2D eigenvalue weighted by Gasteiger charge is -2.18. The van der Waals surface area contributed by atoms with Crippen LogP contribution in [0.25, 0.3) is 0 Å². The number of ether oxygens (including phenoxy) is 3. The molecular formula is C69H124O6. The van der Waals surface area contributed by atoms with Gasteiger partial charge in [-0.2, -0.15) is 0 Å². The number of unbranched alkanes of at least 4 members (excludes halogenated alkanes) is 39. The van der Waals surface area contributed by atoms with Gasteiger partial charge in [0, 0.05) is 19.3 Å². The first kappa shape index (κ1) is 72.1. The number of rotatable bonds is 60. The van der Waals surface area contributed by atoms with E-state index in [4.69, 9.17) is 14.2 Å². The van der Waals surface area contributed by atoms with E-state index in [0.29, 0.717) is 19.3 Å². The van der Waals surface area contributed by atoms with Crippen LogP contribution in [0.2, 0.25) is 0 Å². The lowest BCUT2D eigenvalue weighted by Crippen LogP contribution is -2.30. The van der Waals surface area contributed by atoms with Crippen LogP contribution in [0.15, 0.2) is 60.8 Å². The number of hydrogen-bond donors (Lipinski definition) is 0. The smallest absolute Gasteiger partial charge is 0.306 e. The molecule has 1 atom stereocenters. The van der Waals surface area contributed by atoms with Gasteiger partial charge in [-0.25, -0.2) is 0 Å². The van der Waals surface area contributed by atoms with Crippen molar-refractivity contribution in [2.75, 3.05) is 13.2 Å². The van der Waals surface area contributed by atoms with E-state index in [2.05, 4.69) is 81.5 Å². The number of carbonyl (C=O) groups is 3. The minimum atomic E-state index is -0.782. The van der Waals surface area contributed by atoms with E-state index in [9.17, 15) is 14.4 Å². The second-order valence-electron chi connectivity index (χ2n) is 22.0. The van der Waals surface area contributed by atoms with Crippen molar-refractivity contribution in [2.45, 2.75) is 348 Å². The average Bonchev–Trinajstić information content (AvgIpc) is 3.41. The van der Waals surface area contributed by atoms with Crippen molar-refractivity contribution < 1.29 is 28.6 Å². The Bertz CT molecular complexity index is 1340. The molecule has 0 aromatic heterocycles. The fraction of sp³-hybridized carbons (Fsp3) is 0.812. The van der Waals surface area contributed by atoms with Gasteiger partial charge in [-0.1, -0.05) is 281 Å². The molecule has 0 aromatic carbocycles. The van der Waals surface area contributed by atoms with Gasteiger partial charge in [0.2, 0.25) is 0 Å². The van der Waals surface area contributed by atoms with Gasteiger partial charge in [-0.05, 0) is 103 Å². The summed E-state index contributed by atoms with van der Waals surface area (Å²) in [5.41, 5.74) is 0. The lowest BCUT2D eigenvalue weighted by atomic mass is 10.0. The van der Waals surface area contributed by atoms with Crippen LogP contribution in [0.4, 0.5) is 0 Å². The lowest BCUT2D eigenvalue weighted by molar-refractivity contribution is -0.167. The summed E-state index contributed by atoms with van der Waals surface area (Å²) in [7, 11) is 0. The third kappa shape index (κ3) is 61.8. The molecule has 0 aliphatic rings. The predicted molar refractivity (Wildman–Crippen MR) is 325 cm³/mol. The van der Waals surface area contributed by atoms with E-state index in [1.54, 1.807) is 0 Å². The third-order valence-corrected chi connectivity index (χ3v) is 14.4. The van der Waals surface area contributed by atoms with Gasteiger partial charge in [0.25, 0.3) is 0 Å². The summed E-state index contributed by atoms with van der Waals surface area (Å²) >= 11 is 0. The van der Waals surface area contributed by atoms with Crippen molar-refractivity contribution in [3.05, 3.63) is 60.8 Å². The van der Waals surface area contributed by atoms with Gasteiger partial charge in [0.1, 0.15) is 13.2 Å². The normalized spacial score (nSPS) is 12.4. The molecule has 0 heterocycles. The highest BCUT2D eigenvalue weighted by atomic mass is 16.6. The molecule has 0 spiro atoms. The van der Waals surface area contributed by atoms with Crippen LogP contribution in [-0.4, -0.2) is 37.2 Å². The monoisotopic (exact) mass is 1050 g/mol. The Morgan fingerprint density at radius 1 is 0.267 bits per heavy atom. The van der Waals surface area contributed by atoms with Crippen LogP contribution in [0.1, 0.15) is 342 Å². The number of hydrogen-bond acceptors (Lipinski definition) is 6. The van der Waals surface area contributed by atoms with E-state index in [0.717, 1.165) is 89.9 Å². The zero-order valence-corrected chi connectivity index (χ0v) is 50.1. The summed E-state index contributed by atoms with van der Waals surface area (Å²) in [6, 6.07) is 0. The van der Waals surface area contributed by atoms with Gasteiger partial charge in [0.05, 0.1) is 0 Å². The zero-order chi connectivity index (χ0) is 54.3. The second kappa shape index (κ2) is 63.6. The quantitative estimate of drug-likeness (QED) is 0.0261. The topological polar surface area (TPSA) is 78.9 Å². The molecule has 6 nitrogen and oxygen atoms in total. The maximum Gasteiger partial charge on any atom is 0.306 e. The molecular weight excluding hydrogens is 925 g/mol. The highest BCUT2D eigenvalue weighted by Gasteiger charge is 2.19. The molecule has 6 heteroatoms. The van der Waals surface area contributed by atoms with Crippen LogP contribution in [-0.2, 0) is 28.6 Å². The summed E-state index contributed by atoms with van der Waals surface area (Å²) in [6.07, 6.45) is 80.9. The fourth-order valence-corrected chi connectivity index (χ4v) is 9.51. The molecule has 0 aliphatic carbocycles. The van der Waals surface area contributed by atoms with E-state index in [-0.39, 0.29) is 31.1 Å². The summed E-state index contributed by atoms with van der Waals surface area (Å²) < 4.78 is 16.9. The second-order valence-corrected chi connectivity index (χ2v) is 22.0. The van der Waals surface area contributed by atoms with Crippen LogP contribution in [0.5, 0.6) is 0 Å². The molecule has 0 saturated carbocycles. The van der Waals surface area contributed by atoms with Crippen molar-refractivity contribution in [3.63, 3.8) is 0 Å². The van der Waals surface area contributed by atoms with Crippen molar-refractivity contribution in [1.29, 1.82) is 0 Å². The number of allylic oxidation sites excluding steroid dienone is 10. The molecule has 0 fully saturated rings. The standard InChI is InChI=1S/C69H124O6/c1-4-7-10-13-16-19-22-25-27-29-31-32-33-34-35-36-38-39-41-44-47-50-53-56-59-62-68(71)74-65-66(64-73-67(70)61-58-55-52-49-46-43-24-21-18-15-12-9-6-3)75-69(72)63-60-57-54-51-48-45-42-40-37-30-28-26-23-20-17-14-11-8-5-2/h12,15,21-22,24-26,28-29,31,66H,4-11,13-14,16-20,23,27,30,32-65H2,1-3H3/b15-12-,24-21-,25-22-,28-26-,31-29-. The van der Waals surface area contributed by atoms with Crippen LogP contribution in [0, 0.1) is 0 Å². The molecule has 75 heavy (non-hydrogen) atoms. The fourth-order valence-electron chi connectivity index (χ4n) is 9.51. The van der Waals surface area contributed by atoms with Crippen LogP contribution in [0.3, 0.4) is 0 Å². The highest BCUT2D eigenvalue weighted by molar-refractivity contribution is 5.71. The SMILES string of the molecule is CCC/C=C\C/C=C\CCCCCCCC(=O)OCC(COC(=O)CCCCCCCCCCCCCCC/C=C\C/C=C\CCCCCCC)OC(=O)CCCCCCCCCCC/C=C\CCCCCCCC. The van der Waals surface area contributed by atoms with Crippen molar-refractivity contribution >= 4 is 17.9 Å². The molecule has 436 valence electrons. The van der Waals surface area contributed by atoms with Gasteiger partial charge in [-0.15, -0.1) is 0 Å². The maximum absolute atomic E-state index is 12.9. The largest absolute Gasteiger partial charge is 0.462 e. The molecule has 0 saturated heterocycles. The van der Waals surface area contributed by atoms with Crippen molar-refractivity contribution in [1.82, 2.24) is 0 Å². The number of esters is 3. The summed E-state index contributed by atoms with van der Waals surface area (Å²) in [6.45, 7) is 6.59. The molecule has 0 rings (SSSR count). The first-order valence-electron chi connectivity index (χ1n) is 32.8.